The molecule has 0 bridgehead atoms. The predicted octanol–water partition coefficient (Wildman–Crippen LogP) is 1.39. The van der Waals surface area contributed by atoms with Crippen molar-refractivity contribution < 1.29 is 5.21 Å². The van der Waals surface area contributed by atoms with E-state index < -0.39 is 0 Å². The zero-order chi connectivity index (χ0) is 10.8. The van der Waals surface area contributed by atoms with Crippen LogP contribution in [-0.4, -0.2) is 34.6 Å². The molecule has 0 aromatic carbocycles. The second-order valence-electron chi connectivity index (χ2n) is 4.59. The smallest absolute Gasteiger partial charge is 0.159 e. The van der Waals surface area contributed by atoms with Crippen molar-refractivity contribution in [2.75, 3.05) is 7.05 Å². The number of hydrogen-bond acceptors (Lipinski definition) is 3. The Bertz CT molecular complexity index is 219. The average Bonchev–Trinajstić information content (AvgIpc) is 2.67. The molecular weight excluding hydrogens is 178 g/mol. The third kappa shape index (κ3) is 2.00. The average molecular weight is 199 g/mol. The van der Waals surface area contributed by atoms with Crippen molar-refractivity contribution >= 4 is 5.84 Å². The van der Waals surface area contributed by atoms with Gasteiger partial charge in [-0.2, -0.15) is 0 Å². The van der Waals surface area contributed by atoms with E-state index in [0.717, 1.165) is 0 Å². The largest absolute Gasteiger partial charge is 0.409 e. The summed E-state index contributed by atoms with van der Waals surface area (Å²) in [6.45, 7) is 3.97. The van der Waals surface area contributed by atoms with Crippen LogP contribution in [0.2, 0.25) is 0 Å². The Hall–Kier alpha value is -0.770. The normalized spacial score (nSPS) is 20.7. The number of hydrogen-bond donors (Lipinski definition) is 2. The molecule has 0 spiro atoms. The highest BCUT2D eigenvalue weighted by molar-refractivity contribution is 5.88. The van der Waals surface area contributed by atoms with Crippen molar-refractivity contribution in [2.24, 2.45) is 10.9 Å². The van der Waals surface area contributed by atoms with Crippen molar-refractivity contribution in [1.29, 1.82) is 0 Å². The van der Waals surface area contributed by atoms with Gasteiger partial charge >= 0.3 is 0 Å². The Balaban J connectivity index is 2.70. The monoisotopic (exact) mass is 199 g/mol. The molecule has 3 N–H and O–H groups in total. The van der Waals surface area contributed by atoms with E-state index in [0.29, 0.717) is 6.04 Å². The molecular formula is C10H21N3O. The van der Waals surface area contributed by atoms with Crippen LogP contribution in [0.25, 0.3) is 0 Å². The van der Waals surface area contributed by atoms with E-state index in [-0.39, 0.29) is 11.4 Å². The molecule has 0 aliphatic heterocycles. The van der Waals surface area contributed by atoms with Crippen molar-refractivity contribution in [1.82, 2.24) is 4.90 Å². The Morgan fingerprint density at radius 2 is 1.93 bits per heavy atom. The van der Waals surface area contributed by atoms with Crippen LogP contribution in [-0.2, 0) is 0 Å². The summed E-state index contributed by atoms with van der Waals surface area (Å²) in [5.74, 6) is 0.284. The van der Waals surface area contributed by atoms with E-state index in [1.165, 1.54) is 25.7 Å². The van der Waals surface area contributed by atoms with Gasteiger partial charge < -0.3 is 10.9 Å². The lowest BCUT2D eigenvalue weighted by Gasteiger charge is -2.38. The molecule has 0 unspecified atom stereocenters. The summed E-state index contributed by atoms with van der Waals surface area (Å²) in [6.07, 6.45) is 5.03. The highest BCUT2D eigenvalue weighted by atomic mass is 16.4. The SMILES string of the molecule is CN(C1CCCC1)C(C)(C)/C(N)=N/O. The highest BCUT2D eigenvalue weighted by Crippen LogP contribution is 2.27. The van der Waals surface area contributed by atoms with Crippen LogP contribution in [0.15, 0.2) is 5.16 Å². The maximum absolute atomic E-state index is 8.70. The molecule has 4 nitrogen and oxygen atoms in total. The van der Waals surface area contributed by atoms with E-state index in [2.05, 4.69) is 10.1 Å². The summed E-state index contributed by atoms with van der Waals surface area (Å²) in [5, 5.41) is 11.8. The van der Waals surface area contributed by atoms with Gasteiger partial charge in [0.25, 0.3) is 0 Å². The summed E-state index contributed by atoms with van der Waals surface area (Å²) < 4.78 is 0. The second-order valence-corrected chi connectivity index (χ2v) is 4.59. The van der Waals surface area contributed by atoms with Crippen LogP contribution in [0.5, 0.6) is 0 Å². The highest BCUT2D eigenvalue weighted by Gasteiger charge is 2.34. The molecule has 82 valence electrons. The maximum atomic E-state index is 8.70. The molecule has 1 aliphatic rings. The van der Waals surface area contributed by atoms with Crippen molar-refractivity contribution in [3.63, 3.8) is 0 Å². The van der Waals surface area contributed by atoms with E-state index in [4.69, 9.17) is 10.9 Å². The summed E-state index contributed by atoms with van der Waals surface area (Å²) in [5.41, 5.74) is 5.32. The Morgan fingerprint density at radius 1 is 1.43 bits per heavy atom. The fourth-order valence-corrected chi connectivity index (χ4v) is 2.05. The number of rotatable bonds is 3. The zero-order valence-corrected chi connectivity index (χ0v) is 9.32. The summed E-state index contributed by atoms with van der Waals surface area (Å²) in [7, 11) is 2.05. The van der Waals surface area contributed by atoms with Gasteiger partial charge in [-0.25, -0.2) is 0 Å². The fraction of sp³-hybridized carbons (Fsp3) is 0.900. The van der Waals surface area contributed by atoms with Crippen molar-refractivity contribution in [3.05, 3.63) is 0 Å². The molecule has 0 saturated heterocycles. The molecule has 14 heavy (non-hydrogen) atoms. The Morgan fingerprint density at radius 3 is 2.36 bits per heavy atom. The van der Waals surface area contributed by atoms with E-state index in [1.807, 2.05) is 20.9 Å². The molecule has 0 atom stereocenters. The van der Waals surface area contributed by atoms with Gasteiger partial charge in [0, 0.05) is 6.04 Å². The number of oxime groups is 1. The van der Waals surface area contributed by atoms with Crippen LogP contribution in [0, 0.1) is 0 Å². The minimum atomic E-state index is -0.357. The first-order valence-electron chi connectivity index (χ1n) is 5.21. The van der Waals surface area contributed by atoms with Crippen LogP contribution < -0.4 is 5.73 Å². The third-order valence-corrected chi connectivity index (χ3v) is 3.49. The van der Waals surface area contributed by atoms with Crippen LogP contribution in [0.3, 0.4) is 0 Å². The molecule has 1 aliphatic carbocycles. The first-order valence-corrected chi connectivity index (χ1v) is 5.21. The van der Waals surface area contributed by atoms with E-state index in [9.17, 15) is 0 Å². The topological polar surface area (TPSA) is 61.8 Å². The van der Waals surface area contributed by atoms with Crippen molar-refractivity contribution in [2.45, 2.75) is 51.1 Å². The van der Waals surface area contributed by atoms with Crippen LogP contribution >= 0.6 is 0 Å². The lowest BCUT2D eigenvalue weighted by atomic mass is 9.99. The molecule has 1 fully saturated rings. The van der Waals surface area contributed by atoms with Gasteiger partial charge in [0.15, 0.2) is 5.84 Å². The number of amidine groups is 1. The van der Waals surface area contributed by atoms with Gasteiger partial charge in [0.05, 0.1) is 5.54 Å². The standard InChI is InChI=1S/C10H21N3O/c1-10(2,9(11)12-14)13(3)8-6-4-5-7-8/h8,14H,4-7H2,1-3H3,(H2,11,12). The lowest BCUT2D eigenvalue weighted by molar-refractivity contribution is 0.151. The van der Waals surface area contributed by atoms with Gasteiger partial charge in [-0.3, -0.25) is 4.90 Å². The molecule has 4 heteroatoms. The van der Waals surface area contributed by atoms with Crippen molar-refractivity contribution in [3.8, 4) is 0 Å². The van der Waals surface area contributed by atoms with Crippen LogP contribution in [0.4, 0.5) is 0 Å². The van der Waals surface area contributed by atoms with E-state index in [1.54, 1.807) is 0 Å². The predicted molar refractivity (Wildman–Crippen MR) is 57.5 cm³/mol. The maximum Gasteiger partial charge on any atom is 0.159 e. The Kier molecular flexibility index (Phi) is 3.37. The fourth-order valence-electron chi connectivity index (χ4n) is 2.05. The molecule has 0 radical (unpaired) electrons. The second kappa shape index (κ2) is 4.17. The van der Waals surface area contributed by atoms with Gasteiger partial charge in [-0.1, -0.05) is 18.0 Å². The minimum Gasteiger partial charge on any atom is -0.409 e. The first-order chi connectivity index (χ1) is 6.50. The summed E-state index contributed by atoms with van der Waals surface area (Å²) >= 11 is 0. The summed E-state index contributed by atoms with van der Waals surface area (Å²) in [6, 6.07) is 0.574. The van der Waals surface area contributed by atoms with Crippen LogP contribution in [0.1, 0.15) is 39.5 Å². The van der Waals surface area contributed by atoms with E-state index >= 15 is 0 Å². The number of nitrogens with two attached hydrogens (primary N) is 1. The van der Waals surface area contributed by atoms with Gasteiger partial charge in [-0.15, -0.1) is 0 Å². The molecule has 0 heterocycles. The third-order valence-electron chi connectivity index (χ3n) is 3.49. The first kappa shape index (κ1) is 11.3. The van der Waals surface area contributed by atoms with Gasteiger partial charge in [0.2, 0.25) is 0 Å². The Labute approximate surface area is 85.8 Å². The molecule has 1 saturated carbocycles. The molecule has 1 rings (SSSR count). The summed E-state index contributed by atoms with van der Waals surface area (Å²) in [4.78, 5) is 2.22. The molecule has 0 aromatic rings. The molecule has 0 aromatic heterocycles. The quantitative estimate of drug-likeness (QED) is 0.312. The zero-order valence-electron chi connectivity index (χ0n) is 9.32. The minimum absolute atomic E-state index is 0.284. The number of nitrogens with zero attached hydrogens (tertiary/aromatic N) is 2. The van der Waals surface area contributed by atoms with Gasteiger partial charge in [0.1, 0.15) is 0 Å². The molecule has 0 amide bonds. The van der Waals surface area contributed by atoms with Gasteiger partial charge in [-0.05, 0) is 33.7 Å². The number of likely N-dealkylation sites (N-methyl/N-ethyl adjacent to an activating group) is 1. The lowest BCUT2D eigenvalue weighted by Crippen LogP contribution is -2.54.